The fraction of sp³-hybridized carbons (Fsp3) is 1.00. The van der Waals surface area contributed by atoms with Crippen LogP contribution in [0.15, 0.2) is 0 Å². The van der Waals surface area contributed by atoms with E-state index in [1.807, 2.05) is 0 Å². The van der Waals surface area contributed by atoms with Gasteiger partial charge in [0.25, 0.3) is 0 Å². The number of hydrogen-bond donors (Lipinski definition) is 1. The Morgan fingerprint density at radius 3 is 2.45 bits per heavy atom. The standard InChI is InChI=1S/C7H13F2N.ClH/c8-7(9)3-1-2-6(4-7)5-10;/h6H,1-5,10H2;1H/t6-;/m1./s1. The van der Waals surface area contributed by atoms with Crippen molar-refractivity contribution in [3.05, 3.63) is 0 Å². The van der Waals surface area contributed by atoms with Crippen molar-refractivity contribution in [2.24, 2.45) is 11.7 Å². The fourth-order valence-electron chi connectivity index (χ4n) is 1.48. The second-order valence-corrected chi connectivity index (χ2v) is 3.05. The van der Waals surface area contributed by atoms with E-state index in [0.717, 1.165) is 6.42 Å². The van der Waals surface area contributed by atoms with Crippen molar-refractivity contribution in [3.8, 4) is 0 Å². The van der Waals surface area contributed by atoms with Crippen molar-refractivity contribution in [1.29, 1.82) is 0 Å². The first-order valence-electron chi connectivity index (χ1n) is 3.72. The molecule has 0 aromatic carbocycles. The summed E-state index contributed by atoms with van der Waals surface area (Å²) in [4.78, 5) is 0. The van der Waals surface area contributed by atoms with Gasteiger partial charge < -0.3 is 5.73 Å². The largest absolute Gasteiger partial charge is 0.330 e. The highest BCUT2D eigenvalue weighted by Gasteiger charge is 2.35. The molecule has 0 radical (unpaired) electrons. The molecule has 0 heterocycles. The SMILES string of the molecule is Cl.NC[C@@H]1CCCC(F)(F)C1. The lowest BCUT2D eigenvalue weighted by Gasteiger charge is -2.27. The number of nitrogens with two attached hydrogens (primary N) is 1. The van der Waals surface area contributed by atoms with Gasteiger partial charge in [-0.25, -0.2) is 8.78 Å². The van der Waals surface area contributed by atoms with E-state index in [9.17, 15) is 8.78 Å². The molecule has 1 aliphatic rings. The van der Waals surface area contributed by atoms with E-state index in [0.29, 0.717) is 13.0 Å². The minimum absolute atomic E-state index is 0. The molecule has 0 bridgehead atoms. The average Bonchev–Trinajstić information content (AvgIpc) is 1.86. The Morgan fingerprint density at radius 2 is 2.09 bits per heavy atom. The summed E-state index contributed by atoms with van der Waals surface area (Å²) in [5, 5.41) is 0. The van der Waals surface area contributed by atoms with Gasteiger partial charge in [-0.3, -0.25) is 0 Å². The summed E-state index contributed by atoms with van der Waals surface area (Å²) >= 11 is 0. The lowest BCUT2D eigenvalue weighted by Crippen LogP contribution is -2.30. The molecule has 1 nitrogen and oxygen atoms in total. The van der Waals surface area contributed by atoms with Crippen molar-refractivity contribution in [3.63, 3.8) is 0 Å². The van der Waals surface area contributed by atoms with Gasteiger partial charge in [-0.1, -0.05) is 0 Å². The van der Waals surface area contributed by atoms with E-state index >= 15 is 0 Å². The number of rotatable bonds is 1. The molecule has 4 heteroatoms. The molecule has 0 saturated heterocycles. The zero-order valence-corrected chi connectivity index (χ0v) is 7.17. The first-order chi connectivity index (χ1) is 4.64. The molecule has 11 heavy (non-hydrogen) atoms. The Hall–Kier alpha value is 0.110. The van der Waals surface area contributed by atoms with Crippen LogP contribution in [0, 0.1) is 5.92 Å². The van der Waals surface area contributed by atoms with Crippen molar-refractivity contribution >= 4 is 12.4 Å². The van der Waals surface area contributed by atoms with Crippen LogP contribution in [-0.2, 0) is 0 Å². The maximum Gasteiger partial charge on any atom is 0.248 e. The Bertz CT molecular complexity index is 119. The summed E-state index contributed by atoms with van der Waals surface area (Å²) in [5.41, 5.74) is 5.29. The zero-order valence-electron chi connectivity index (χ0n) is 6.35. The van der Waals surface area contributed by atoms with E-state index in [1.165, 1.54) is 0 Å². The summed E-state index contributed by atoms with van der Waals surface area (Å²) in [7, 11) is 0. The van der Waals surface area contributed by atoms with Crippen LogP contribution >= 0.6 is 12.4 Å². The molecule has 0 amide bonds. The van der Waals surface area contributed by atoms with Crippen molar-refractivity contribution in [1.82, 2.24) is 0 Å². The lowest BCUT2D eigenvalue weighted by molar-refractivity contribution is -0.0508. The summed E-state index contributed by atoms with van der Waals surface area (Å²) in [6, 6.07) is 0. The van der Waals surface area contributed by atoms with Crippen LogP contribution in [-0.4, -0.2) is 12.5 Å². The number of alkyl halides is 2. The Morgan fingerprint density at radius 1 is 1.45 bits per heavy atom. The predicted octanol–water partition coefficient (Wildman–Crippen LogP) is 2.19. The predicted molar refractivity (Wildman–Crippen MR) is 43.2 cm³/mol. The highest BCUT2D eigenvalue weighted by atomic mass is 35.5. The van der Waals surface area contributed by atoms with Gasteiger partial charge in [0.05, 0.1) is 0 Å². The van der Waals surface area contributed by atoms with Gasteiger partial charge in [0, 0.05) is 12.8 Å². The van der Waals surface area contributed by atoms with E-state index in [4.69, 9.17) is 5.73 Å². The molecule has 1 atom stereocenters. The van der Waals surface area contributed by atoms with Crippen LogP contribution in [0.4, 0.5) is 8.78 Å². The van der Waals surface area contributed by atoms with E-state index in [-0.39, 0.29) is 31.2 Å². The van der Waals surface area contributed by atoms with Gasteiger partial charge in [-0.2, -0.15) is 0 Å². The Kier molecular flexibility index (Phi) is 4.26. The van der Waals surface area contributed by atoms with Crippen molar-refractivity contribution < 1.29 is 8.78 Å². The third kappa shape index (κ3) is 3.34. The quantitative estimate of drug-likeness (QED) is 0.666. The molecule has 1 aliphatic carbocycles. The third-order valence-electron chi connectivity index (χ3n) is 2.08. The van der Waals surface area contributed by atoms with E-state index < -0.39 is 5.92 Å². The normalized spacial score (nSPS) is 29.2. The molecule has 1 rings (SSSR count). The van der Waals surface area contributed by atoms with Gasteiger partial charge >= 0.3 is 0 Å². The van der Waals surface area contributed by atoms with Crippen LogP contribution in [0.3, 0.4) is 0 Å². The summed E-state index contributed by atoms with van der Waals surface area (Å²) in [6.45, 7) is 0.412. The second kappa shape index (κ2) is 4.21. The van der Waals surface area contributed by atoms with Gasteiger partial charge in [0.2, 0.25) is 5.92 Å². The van der Waals surface area contributed by atoms with E-state index in [1.54, 1.807) is 0 Å². The molecule has 1 saturated carbocycles. The lowest BCUT2D eigenvalue weighted by atomic mass is 9.87. The Labute approximate surface area is 71.7 Å². The smallest absolute Gasteiger partial charge is 0.248 e. The summed E-state index contributed by atoms with van der Waals surface area (Å²) in [5.74, 6) is -2.37. The molecule has 0 aromatic heterocycles. The molecule has 1 fully saturated rings. The van der Waals surface area contributed by atoms with Gasteiger partial charge in [-0.05, 0) is 25.3 Å². The monoisotopic (exact) mass is 185 g/mol. The minimum Gasteiger partial charge on any atom is -0.330 e. The third-order valence-corrected chi connectivity index (χ3v) is 2.08. The zero-order chi connectivity index (χ0) is 7.61. The topological polar surface area (TPSA) is 26.0 Å². The van der Waals surface area contributed by atoms with Gasteiger partial charge in [0.1, 0.15) is 0 Å². The molecule has 0 aromatic rings. The second-order valence-electron chi connectivity index (χ2n) is 3.05. The molecule has 0 aliphatic heterocycles. The molecular weight excluding hydrogens is 172 g/mol. The molecule has 0 spiro atoms. The van der Waals surface area contributed by atoms with Gasteiger partial charge in [0.15, 0.2) is 0 Å². The maximum absolute atomic E-state index is 12.6. The van der Waals surface area contributed by atoms with Crippen LogP contribution < -0.4 is 5.73 Å². The summed E-state index contributed by atoms with van der Waals surface area (Å²) in [6.07, 6.45) is 1.58. The van der Waals surface area contributed by atoms with Gasteiger partial charge in [-0.15, -0.1) is 12.4 Å². The molecular formula is C7H14ClF2N. The maximum atomic E-state index is 12.6. The van der Waals surface area contributed by atoms with Crippen LogP contribution in [0.5, 0.6) is 0 Å². The summed E-state index contributed by atoms with van der Waals surface area (Å²) < 4.78 is 25.2. The fourth-order valence-corrected chi connectivity index (χ4v) is 1.48. The number of halogens is 3. The first-order valence-corrected chi connectivity index (χ1v) is 3.72. The first kappa shape index (κ1) is 11.1. The number of hydrogen-bond acceptors (Lipinski definition) is 1. The van der Waals surface area contributed by atoms with Crippen LogP contribution in [0.1, 0.15) is 25.7 Å². The molecule has 68 valence electrons. The minimum atomic E-state index is -2.43. The van der Waals surface area contributed by atoms with E-state index in [2.05, 4.69) is 0 Å². The van der Waals surface area contributed by atoms with Crippen LogP contribution in [0.25, 0.3) is 0 Å². The molecule has 0 unspecified atom stereocenters. The van der Waals surface area contributed by atoms with Crippen molar-refractivity contribution in [2.45, 2.75) is 31.6 Å². The molecule has 2 N–H and O–H groups in total. The van der Waals surface area contributed by atoms with Crippen molar-refractivity contribution in [2.75, 3.05) is 6.54 Å². The average molecular weight is 186 g/mol. The van der Waals surface area contributed by atoms with Crippen LogP contribution in [0.2, 0.25) is 0 Å². The highest BCUT2D eigenvalue weighted by molar-refractivity contribution is 5.85. The highest BCUT2D eigenvalue weighted by Crippen LogP contribution is 2.35. The Balaban J connectivity index is 0.000001000.